The Morgan fingerprint density at radius 2 is 1.93 bits per heavy atom. The first kappa shape index (κ1) is 11.6. The van der Waals surface area contributed by atoms with Gasteiger partial charge < -0.3 is 10.1 Å². The van der Waals surface area contributed by atoms with Crippen LogP contribution in [-0.4, -0.2) is 19.6 Å². The predicted molar refractivity (Wildman–Crippen MR) is 60.2 cm³/mol. The van der Waals surface area contributed by atoms with Gasteiger partial charge in [-0.1, -0.05) is 13.8 Å². The number of ether oxygens (including phenoxy) is 1. The second kappa shape index (κ2) is 5.39. The van der Waals surface area contributed by atoms with Crippen LogP contribution in [0.25, 0.3) is 0 Å². The van der Waals surface area contributed by atoms with Gasteiger partial charge in [-0.05, 0) is 30.2 Å². The lowest BCUT2D eigenvalue weighted by Gasteiger charge is -2.08. The monoisotopic (exact) mass is 207 g/mol. The Bertz CT molecular complexity index is 317. The molecule has 0 unspecified atom stereocenters. The maximum Gasteiger partial charge on any atom is 0.251 e. The van der Waals surface area contributed by atoms with Gasteiger partial charge in [0.15, 0.2) is 0 Å². The van der Waals surface area contributed by atoms with Crippen LogP contribution < -0.4 is 10.1 Å². The summed E-state index contributed by atoms with van der Waals surface area (Å²) in [4.78, 5) is 11.2. The van der Waals surface area contributed by atoms with Crippen LogP contribution in [0.3, 0.4) is 0 Å². The van der Waals surface area contributed by atoms with E-state index in [4.69, 9.17) is 4.74 Å². The van der Waals surface area contributed by atoms with Crippen molar-refractivity contribution in [2.75, 3.05) is 13.7 Å². The molecule has 0 atom stereocenters. The minimum absolute atomic E-state index is 0.0783. The van der Waals surface area contributed by atoms with Gasteiger partial charge in [-0.25, -0.2) is 0 Å². The van der Waals surface area contributed by atoms with E-state index in [1.165, 1.54) is 0 Å². The van der Waals surface area contributed by atoms with E-state index in [0.29, 0.717) is 18.1 Å². The Morgan fingerprint density at radius 1 is 1.33 bits per heavy atom. The van der Waals surface area contributed by atoms with Crippen LogP contribution >= 0.6 is 0 Å². The summed E-state index contributed by atoms with van der Waals surface area (Å²) in [5.74, 6) is 1.23. The van der Waals surface area contributed by atoms with E-state index < -0.39 is 0 Å². The number of rotatable bonds is 4. The third-order valence-corrected chi connectivity index (χ3v) is 1.93. The van der Waals surface area contributed by atoms with Gasteiger partial charge in [0, 0.05) is 12.6 Å². The normalized spacial score (nSPS) is 10.1. The molecule has 0 spiro atoms. The number of amides is 1. The smallest absolute Gasteiger partial charge is 0.251 e. The molecule has 0 heterocycles. The van der Waals surface area contributed by atoms with Crippen molar-refractivity contribution < 1.29 is 9.53 Å². The van der Waals surface area contributed by atoms with Crippen molar-refractivity contribution in [1.29, 1.82) is 0 Å². The highest BCUT2D eigenvalue weighted by molar-refractivity contribution is 5.94. The van der Waals surface area contributed by atoms with Crippen LogP contribution in [0.15, 0.2) is 24.3 Å². The predicted octanol–water partition coefficient (Wildman–Crippen LogP) is 2.08. The minimum atomic E-state index is -0.0783. The first-order valence-electron chi connectivity index (χ1n) is 5.08. The molecule has 0 aromatic heterocycles. The summed E-state index contributed by atoms with van der Waals surface area (Å²) in [5.41, 5.74) is 0.648. The molecular formula is C12H17NO2. The molecule has 0 saturated heterocycles. The summed E-state index contributed by atoms with van der Waals surface area (Å²) in [6.45, 7) is 4.89. The second-order valence-corrected chi connectivity index (χ2v) is 3.81. The standard InChI is InChI=1S/C12H17NO2/c1-9(2)8-15-11-6-4-10(5-7-11)12(14)13-3/h4-7,9H,8H2,1-3H3,(H,13,14). The molecule has 15 heavy (non-hydrogen) atoms. The van der Waals surface area contributed by atoms with Crippen LogP contribution in [-0.2, 0) is 0 Å². The summed E-state index contributed by atoms with van der Waals surface area (Å²) >= 11 is 0. The molecule has 1 rings (SSSR count). The number of hydrogen-bond donors (Lipinski definition) is 1. The van der Waals surface area contributed by atoms with Crippen LogP contribution in [0, 0.1) is 5.92 Å². The van der Waals surface area contributed by atoms with Crippen LogP contribution in [0.2, 0.25) is 0 Å². The highest BCUT2D eigenvalue weighted by Crippen LogP contribution is 2.13. The van der Waals surface area contributed by atoms with E-state index in [2.05, 4.69) is 19.2 Å². The van der Waals surface area contributed by atoms with Crippen molar-refractivity contribution in [2.24, 2.45) is 5.92 Å². The van der Waals surface area contributed by atoms with Crippen LogP contribution in [0.1, 0.15) is 24.2 Å². The fourth-order valence-electron chi connectivity index (χ4n) is 1.11. The number of nitrogens with one attached hydrogen (secondary N) is 1. The SMILES string of the molecule is CNC(=O)c1ccc(OCC(C)C)cc1. The Kier molecular flexibility index (Phi) is 4.16. The van der Waals surface area contributed by atoms with Gasteiger partial charge in [-0.15, -0.1) is 0 Å². The van der Waals surface area contributed by atoms with Gasteiger partial charge in [0.1, 0.15) is 5.75 Å². The van der Waals surface area contributed by atoms with Gasteiger partial charge >= 0.3 is 0 Å². The first-order chi connectivity index (χ1) is 7.13. The molecule has 0 fully saturated rings. The lowest BCUT2D eigenvalue weighted by molar-refractivity contribution is 0.0963. The highest BCUT2D eigenvalue weighted by Gasteiger charge is 2.02. The molecule has 1 aromatic rings. The third-order valence-electron chi connectivity index (χ3n) is 1.93. The second-order valence-electron chi connectivity index (χ2n) is 3.81. The van der Waals surface area contributed by atoms with Crippen molar-refractivity contribution in [2.45, 2.75) is 13.8 Å². The number of carbonyl (C=O) groups excluding carboxylic acids is 1. The molecular weight excluding hydrogens is 190 g/mol. The largest absolute Gasteiger partial charge is 0.493 e. The molecule has 0 aliphatic rings. The summed E-state index contributed by atoms with van der Waals surface area (Å²) < 4.78 is 5.50. The van der Waals surface area contributed by atoms with Gasteiger partial charge in [0.25, 0.3) is 5.91 Å². The van der Waals surface area contributed by atoms with Crippen molar-refractivity contribution >= 4 is 5.91 Å². The van der Waals surface area contributed by atoms with E-state index in [9.17, 15) is 4.79 Å². The molecule has 0 saturated carbocycles. The van der Waals surface area contributed by atoms with E-state index in [-0.39, 0.29) is 5.91 Å². The Labute approximate surface area is 90.4 Å². The molecule has 0 radical (unpaired) electrons. The molecule has 0 aliphatic carbocycles. The molecule has 3 heteroatoms. The first-order valence-corrected chi connectivity index (χ1v) is 5.08. The summed E-state index contributed by atoms with van der Waals surface area (Å²) in [6, 6.07) is 7.14. The Hall–Kier alpha value is -1.51. The lowest BCUT2D eigenvalue weighted by Crippen LogP contribution is -2.17. The van der Waals surface area contributed by atoms with Gasteiger partial charge in [-0.3, -0.25) is 4.79 Å². The van der Waals surface area contributed by atoms with Gasteiger partial charge in [-0.2, -0.15) is 0 Å². The van der Waals surface area contributed by atoms with E-state index >= 15 is 0 Å². The fraction of sp³-hybridized carbons (Fsp3) is 0.417. The molecule has 3 nitrogen and oxygen atoms in total. The van der Waals surface area contributed by atoms with E-state index in [1.54, 1.807) is 19.2 Å². The van der Waals surface area contributed by atoms with Crippen molar-refractivity contribution in [3.8, 4) is 5.75 Å². The number of hydrogen-bond acceptors (Lipinski definition) is 2. The molecule has 1 amide bonds. The lowest BCUT2D eigenvalue weighted by atomic mass is 10.2. The quantitative estimate of drug-likeness (QED) is 0.821. The fourth-order valence-corrected chi connectivity index (χ4v) is 1.11. The zero-order valence-corrected chi connectivity index (χ0v) is 9.41. The Morgan fingerprint density at radius 3 is 2.40 bits per heavy atom. The summed E-state index contributed by atoms with van der Waals surface area (Å²) in [6.07, 6.45) is 0. The number of benzene rings is 1. The average Bonchev–Trinajstić information content (AvgIpc) is 2.26. The average molecular weight is 207 g/mol. The van der Waals surface area contributed by atoms with Crippen LogP contribution in [0.5, 0.6) is 5.75 Å². The molecule has 1 N–H and O–H groups in total. The highest BCUT2D eigenvalue weighted by atomic mass is 16.5. The van der Waals surface area contributed by atoms with Gasteiger partial charge in [0.2, 0.25) is 0 Å². The molecule has 1 aromatic carbocycles. The zero-order valence-electron chi connectivity index (χ0n) is 9.41. The van der Waals surface area contributed by atoms with Gasteiger partial charge in [0.05, 0.1) is 6.61 Å². The molecule has 0 aliphatic heterocycles. The molecule has 0 bridgehead atoms. The third kappa shape index (κ3) is 3.62. The van der Waals surface area contributed by atoms with Crippen molar-refractivity contribution in [3.05, 3.63) is 29.8 Å². The van der Waals surface area contributed by atoms with Crippen molar-refractivity contribution in [1.82, 2.24) is 5.32 Å². The summed E-state index contributed by atoms with van der Waals surface area (Å²) in [7, 11) is 1.62. The van der Waals surface area contributed by atoms with Crippen LogP contribution in [0.4, 0.5) is 0 Å². The van der Waals surface area contributed by atoms with Crippen molar-refractivity contribution in [3.63, 3.8) is 0 Å². The maximum absolute atomic E-state index is 11.2. The van der Waals surface area contributed by atoms with E-state index in [1.807, 2.05) is 12.1 Å². The topological polar surface area (TPSA) is 38.3 Å². The molecule has 82 valence electrons. The maximum atomic E-state index is 11.2. The van der Waals surface area contributed by atoms with E-state index in [0.717, 1.165) is 5.75 Å². The number of carbonyl (C=O) groups is 1. The summed E-state index contributed by atoms with van der Waals surface area (Å²) in [5, 5.41) is 2.57. The Balaban J connectivity index is 2.60. The zero-order chi connectivity index (χ0) is 11.3. The minimum Gasteiger partial charge on any atom is -0.493 e.